The molecule has 47 heavy (non-hydrogen) atoms. The van der Waals surface area contributed by atoms with Crippen LogP contribution >= 0.6 is 0 Å². The number of benzene rings is 2. The van der Waals surface area contributed by atoms with Crippen LogP contribution in [0.25, 0.3) is 32.9 Å². The van der Waals surface area contributed by atoms with Gasteiger partial charge in [-0.25, -0.2) is 17.6 Å². The molecular formula is C35H32F4N6O2. The van der Waals surface area contributed by atoms with Gasteiger partial charge in [0.15, 0.2) is 5.82 Å². The molecule has 0 bridgehead atoms. The number of hydrogen-bond acceptors (Lipinski definition) is 8. The molecule has 4 aromatic rings. The molecule has 5 fully saturated rings. The van der Waals surface area contributed by atoms with Crippen molar-refractivity contribution in [1.82, 2.24) is 19.9 Å². The molecular weight excluding hydrogens is 612 g/mol. The Kier molecular flexibility index (Phi) is 5.18. The Labute approximate surface area is 275 Å². The van der Waals surface area contributed by atoms with Crippen molar-refractivity contribution < 1.29 is 33.9 Å². The van der Waals surface area contributed by atoms with Crippen LogP contribution in [0, 0.1) is 35.3 Å². The Balaban J connectivity index is 1.24. The maximum absolute atomic E-state index is 17.1. The van der Waals surface area contributed by atoms with E-state index in [1.165, 1.54) is 29.3 Å². The summed E-state index contributed by atoms with van der Waals surface area (Å²) >= 11 is 0. The first-order valence-electron chi connectivity index (χ1n) is 18.1. The summed E-state index contributed by atoms with van der Waals surface area (Å²) in [6.45, 7) is -4.06. The first-order chi connectivity index (χ1) is 24.6. The molecule has 3 saturated heterocycles. The Morgan fingerprint density at radius 2 is 2.11 bits per heavy atom. The van der Waals surface area contributed by atoms with Crippen molar-refractivity contribution >= 4 is 33.2 Å². The molecule has 9 rings (SSSR count). The normalized spacial score (nSPS) is 37.7. The van der Waals surface area contributed by atoms with Crippen molar-refractivity contribution in [1.29, 1.82) is 0 Å². The summed E-state index contributed by atoms with van der Waals surface area (Å²) in [5, 5.41) is 0.637. The highest BCUT2D eigenvalue weighted by Gasteiger charge is 2.68. The number of aromatic nitrogens is 3. The highest BCUT2D eigenvalue weighted by atomic mass is 19.1. The van der Waals surface area contributed by atoms with Crippen LogP contribution in [0.5, 0.6) is 6.01 Å². The number of fused-ring (bicyclic) bond motifs is 5. The lowest BCUT2D eigenvalue weighted by molar-refractivity contribution is 0.0639. The van der Waals surface area contributed by atoms with Crippen LogP contribution in [0.1, 0.15) is 38.1 Å². The van der Waals surface area contributed by atoms with Gasteiger partial charge in [-0.2, -0.15) is 9.97 Å². The third kappa shape index (κ3) is 4.18. The van der Waals surface area contributed by atoms with Gasteiger partial charge in [0.25, 0.3) is 0 Å². The number of hydrogen-bond donors (Lipinski definition) is 1. The van der Waals surface area contributed by atoms with E-state index in [0.717, 1.165) is 0 Å². The summed E-state index contributed by atoms with van der Waals surface area (Å²) in [4.78, 5) is 16.1. The molecule has 2 N–H and O–H groups in total. The highest BCUT2D eigenvalue weighted by Crippen LogP contribution is 2.66. The Morgan fingerprint density at radius 3 is 2.91 bits per heavy atom. The minimum absolute atomic E-state index is 0.00686. The third-order valence-corrected chi connectivity index (χ3v) is 10.4. The molecule has 5 heterocycles. The molecule has 2 aliphatic carbocycles. The van der Waals surface area contributed by atoms with E-state index in [4.69, 9.17) is 25.7 Å². The summed E-state index contributed by atoms with van der Waals surface area (Å²) in [7, 11) is 0. The summed E-state index contributed by atoms with van der Waals surface area (Å²) in [6.07, 6.45) is 1.80. The monoisotopic (exact) mass is 649 g/mol. The number of ether oxygens (including phenoxy) is 2. The second-order valence-electron chi connectivity index (χ2n) is 13.0. The zero-order valence-electron chi connectivity index (χ0n) is 29.9. The standard InChI is InChI=1S/C35H32F4N6O2/c1-2-21-25(37)4-3-18-11-20(40)12-22(26(18)21)29-28(39)30-23(14-41-29)32(45-9-10-46-16-24-27(38)31(24)45)43-33(42-30)47-17-35-13-19(36)15-44(35)8-7-34(35)5-6-34/h1,3-4,11-12,14,19,24,27,31H,5-10,13,15-17,40H2/t19-,24+,27+,31+,35+/m1/s1/i5D,8D,17D2,19D/t5?,8?,19-,24+,27+,31+,34?,35+. The predicted molar refractivity (Wildman–Crippen MR) is 168 cm³/mol. The number of terminal acetylenes is 1. The number of halogens is 4. The van der Waals surface area contributed by atoms with Crippen molar-refractivity contribution in [3.05, 3.63) is 47.7 Å². The van der Waals surface area contributed by atoms with Crippen LogP contribution in [0.3, 0.4) is 0 Å². The van der Waals surface area contributed by atoms with Gasteiger partial charge in [-0.3, -0.25) is 9.88 Å². The molecule has 0 amide bonds. The van der Waals surface area contributed by atoms with Gasteiger partial charge < -0.3 is 20.1 Å². The van der Waals surface area contributed by atoms with Gasteiger partial charge in [0.2, 0.25) is 0 Å². The first kappa shape index (κ1) is 24.0. The van der Waals surface area contributed by atoms with E-state index in [9.17, 15) is 7.13 Å². The van der Waals surface area contributed by atoms with E-state index in [1.807, 2.05) is 0 Å². The number of rotatable bonds is 5. The third-order valence-electron chi connectivity index (χ3n) is 10.4. The van der Waals surface area contributed by atoms with E-state index in [0.29, 0.717) is 5.39 Å². The summed E-state index contributed by atoms with van der Waals surface area (Å²) in [5.41, 5.74) is 2.52. The van der Waals surface area contributed by atoms with Crippen LogP contribution in [-0.2, 0) is 4.74 Å². The van der Waals surface area contributed by atoms with Gasteiger partial charge >= 0.3 is 6.01 Å². The van der Waals surface area contributed by atoms with E-state index >= 15 is 13.2 Å². The van der Waals surface area contributed by atoms with E-state index in [1.54, 1.807) is 11.0 Å². The summed E-state index contributed by atoms with van der Waals surface area (Å²) in [6, 6.07) is 4.22. The molecule has 242 valence electrons. The van der Waals surface area contributed by atoms with E-state index in [-0.39, 0.29) is 71.7 Å². The number of nitrogens with zero attached hydrogens (tertiary/aromatic N) is 5. The molecule has 2 saturated carbocycles. The lowest BCUT2D eigenvalue weighted by Crippen LogP contribution is -2.49. The minimum Gasteiger partial charge on any atom is -0.461 e. The van der Waals surface area contributed by atoms with Gasteiger partial charge in [-0.05, 0) is 54.8 Å². The smallest absolute Gasteiger partial charge is 0.319 e. The van der Waals surface area contributed by atoms with Crippen LogP contribution in [0.4, 0.5) is 29.1 Å². The second kappa shape index (κ2) is 10.1. The topological polar surface area (TPSA) is 89.6 Å². The molecule has 8 nitrogen and oxygen atoms in total. The zero-order chi connectivity index (χ0) is 36.7. The predicted octanol–water partition coefficient (Wildman–Crippen LogP) is 5.21. The molecule has 5 aliphatic rings. The first-order valence-corrected chi connectivity index (χ1v) is 15.5. The maximum atomic E-state index is 17.1. The van der Waals surface area contributed by atoms with Crippen LogP contribution in [0.2, 0.25) is 0 Å². The molecule has 3 aliphatic heterocycles. The van der Waals surface area contributed by atoms with Gasteiger partial charge in [0.1, 0.15) is 41.7 Å². The van der Waals surface area contributed by atoms with Crippen LogP contribution in [-0.4, -0.2) is 83.1 Å². The molecule has 2 aromatic heterocycles. The maximum Gasteiger partial charge on any atom is 0.319 e. The fourth-order valence-corrected chi connectivity index (χ4v) is 7.79. The average molecular weight is 650 g/mol. The Bertz CT molecular complexity index is 2250. The van der Waals surface area contributed by atoms with Gasteiger partial charge in [-0.15, -0.1) is 6.42 Å². The van der Waals surface area contributed by atoms with Crippen molar-refractivity contribution in [3.63, 3.8) is 0 Å². The largest absolute Gasteiger partial charge is 0.461 e. The van der Waals surface area contributed by atoms with Crippen LogP contribution in [0.15, 0.2) is 30.5 Å². The number of anilines is 2. The molecule has 0 radical (unpaired) electrons. The second-order valence-corrected chi connectivity index (χ2v) is 13.0. The summed E-state index contributed by atoms with van der Waals surface area (Å²) < 4.78 is 118. The van der Waals surface area contributed by atoms with Crippen molar-refractivity contribution in [3.8, 4) is 29.6 Å². The number of pyridine rings is 1. The number of alkyl halides is 2. The zero-order valence-corrected chi connectivity index (χ0v) is 24.9. The number of nitrogens with two attached hydrogens (primary N) is 1. The van der Waals surface area contributed by atoms with Crippen molar-refractivity contribution in [2.45, 2.75) is 49.6 Å². The molecule has 2 aromatic carbocycles. The SMILES string of the molecule is [2H]C1CC2(CC2[2H])[C@@]2(C([2H])([2H])Oc3nc(N4CCOC[C@H]5[C@H](F)[C@H]54)c4cnc(-c5cc(N)cc6ccc(F)c(C#C)c56)c(F)c4n3)C[C@@]([2H])(F)CN12. The lowest BCUT2D eigenvalue weighted by atomic mass is 9.80. The summed E-state index contributed by atoms with van der Waals surface area (Å²) in [5.74, 6) is 0.0677. The highest BCUT2D eigenvalue weighted by molar-refractivity contribution is 6.03. The number of nitrogen functional groups attached to an aromatic ring is 1. The average Bonchev–Trinajstić information content (AvgIpc) is 3.89. The molecule has 3 unspecified atom stereocenters. The molecule has 1 spiro atoms. The van der Waals surface area contributed by atoms with Crippen molar-refractivity contribution in [2.24, 2.45) is 11.3 Å². The molecule has 8 atom stereocenters. The molecule has 12 heteroatoms. The fourth-order valence-electron chi connectivity index (χ4n) is 7.79. The minimum atomic E-state index is -2.89. The van der Waals surface area contributed by atoms with E-state index in [2.05, 4.69) is 20.9 Å². The van der Waals surface area contributed by atoms with Gasteiger partial charge in [-0.1, -0.05) is 12.0 Å². The quantitative estimate of drug-likeness (QED) is 0.179. The fraction of sp³-hybridized carbons (Fsp3) is 0.457. The van der Waals surface area contributed by atoms with Crippen molar-refractivity contribution in [2.75, 3.05) is 50.0 Å². The van der Waals surface area contributed by atoms with Crippen LogP contribution < -0.4 is 15.4 Å². The Hall–Kier alpha value is -4.21. The lowest BCUT2D eigenvalue weighted by Gasteiger charge is -2.37. The van der Waals surface area contributed by atoms with E-state index < -0.39 is 90.8 Å². The van der Waals surface area contributed by atoms with Gasteiger partial charge in [0, 0.05) is 51.0 Å². The Morgan fingerprint density at radius 1 is 1.26 bits per heavy atom. The van der Waals surface area contributed by atoms with Gasteiger partial charge in [0.05, 0.1) is 39.9 Å².